The number of carbonyl (C=O) groups is 2. The van der Waals surface area contributed by atoms with E-state index in [0.717, 1.165) is 29.7 Å². The summed E-state index contributed by atoms with van der Waals surface area (Å²) in [6.45, 7) is 3.62. The summed E-state index contributed by atoms with van der Waals surface area (Å²) < 4.78 is 9.49. The van der Waals surface area contributed by atoms with Gasteiger partial charge in [0.25, 0.3) is 11.8 Å². The fraction of sp³-hybridized carbons (Fsp3) is 0.424. The van der Waals surface area contributed by atoms with Crippen molar-refractivity contribution in [2.75, 3.05) is 46.5 Å². The molecule has 9 heteroatoms. The molecule has 2 amide bonds. The van der Waals surface area contributed by atoms with Crippen LogP contribution < -0.4 is 4.72 Å². The van der Waals surface area contributed by atoms with E-state index >= 15 is 0 Å². The largest absolute Gasteiger partial charge is 0.336 e. The van der Waals surface area contributed by atoms with Gasteiger partial charge in [-0.3, -0.25) is 18.6 Å². The SMILES string of the molecule is C=S(C)N1CCN(C(=O)C2=Cc3ccccc3-c3c(C4CCCCC4)c4ccc(C(=O)NSN(C)C)cc4n3C2)CC1. The fourth-order valence-electron chi connectivity index (χ4n) is 6.75. The van der Waals surface area contributed by atoms with Crippen LogP contribution in [0.4, 0.5) is 0 Å². The molecule has 3 heterocycles. The van der Waals surface area contributed by atoms with Crippen LogP contribution >= 0.6 is 22.8 Å². The van der Waals surface area contributed by atoms with Crippen molar-refractivity contribution in [2.24, 2.45) is 0 Å². The van der Waals surface area contributed by atoms with Crippen molar-refractivity contribution >= 4 is 57.5 Å². The highest BCUT2D eigenvalue weighted by molar-refractivity contribution is 8.11. The van der Waals surface area contributed by atoms with Crippen molar-refractivity contribution in [3.63, 3.8) is 0 Å². The maximum Gasteiger partial charge on any atom is 0.262 e. The lowest BCUT2D eigenvalue weighted by atomic mass is 9.81. The van der Waals surface area contributed by atoms with E-state index in [4.69, 9.17) is 0 Å². The Kier molecular flexibility index (Phi) is 8.63. The predicted molar refractivity (Wildman–Crippen MR) is 179 cm³/mol. The molecule has 1 saturated heterocycles. The van der Waals surface area contributed by atoms with Crippen LogP contribution in [0.15, 0.2) is 48.0 Å². The van der Waals surface area contributed by atoms with Crippen molar-refractivity contribution in [1.82, 2.24) is 22.8 Å². The van der Waals surface area contributed by atoms with E-state index in [1.807, 2.05) is 35.4 Å². The average Bonchev–Trinajstić information content (AvgIpc) is 3.22. The number of carbonyl (C=O) groups excluding carboxylic acids is 2. The third kappa shape index (κ3) is 5.72. The lowest BCUT2D eigenvalue weighted by Crippen LogP contribution is -2.47. The minimum atomic E-state index is -0.121. The molecule has 0 bridgehead atoms. The van der Waals surface area contributed by atoms with E-state index in [1.165, 1.54) is 66.4 Å². The Bertz CT molecular complexity index is 1560. The lowest BCUT2D eigenvalue weighted by molar-refractivity contribution is -0.128. The number of nitrogens with one attached hydrogen (secondary N) is 1. The Morgan fingerprint density at radius 3 is 2.48 bits per heavy atom. The average molecular weight is 604 g/mol. The molecule has 3 aromatic rings. The number of fused-ring (bicyclic) bond motifs is 5. The molecule has 1 unspecified atom stereocenters. The number of amides is 2. The van der Waals surface area contributed by atoms with Crippen LogP contribution in [0.3, 0.4) is 0 Å². The summed E-state index contributed by atoms with van der Waals surface area (Å²) in [5, 5.41) is 1.20. The molecular weight excluding hydrogens is 563 g/mol. The minimum Gasteiger partial charge on any atom is -0.336 e. The maximum atomic E-state index is 14.1. The zero-order valence-electron chi connectivity index (χ0n) is 24.9. The first-order valence-electron chi connectivity index (χ1n) is 14.9. The van der Waals surface area contributed by atoms with Gasteiger partial charge in [-0.05, 0) is 68.4 Å². The first-order valence-corrected chi connectivity index (χ1v) is 17.5. The molecule has 2 aromatic carbocycles. The van der Waals surface area contributed by atoms with Crippen LogP contribution in [0.1, 0.15) is 59.5 Å². The third-order valence-corrected chi connectivity index (χ3v) is 10.7. The van der Waals surface area contributed by atoms with Gasteiger partial charge >= 0.3 is 0 Å². The second-order valence-corrected chi connectivity index (χ2v) is 14.7. The quantitative estimate of drug-likeness (QED) is 0.277. The first kappa shape index (κ1) is 29.2. The van der Waals surface area contributed by atoms with E-state index in [1.54, 1.807) is 0 Å². The van der Waals surface area contributed by atoms with Crippen LogP contribution in [0.5, 0.6) is 0 Å². The van der Waals surface area contributed by atoms with Gasteiger partial charge < -0.3 is 9.47 Å². The summed E-state index contributed by atoms with van der Waals surface area (Å²) >= 11 is 1.27. The minimum absolute atomic E-state index is 0.0337. The second-order valence-electron chi connectivity index (χ2n) is 11.8. The van der Waals surface area contributed by atoms with Gasteiger partial charge in [0.2, 0.25) is 0 Å². The molecule has 0 spiro atoms. The van der Waals surface area contributed by atoms with E-state index in [-0.39, 0.29) is 22.5 Å². The van der Waals surface area contributed by atoms with Gasteiger partial charge in [0.15, 0.2) is 0 Å². The summed E-state index contributed by atoms with van der Waals surface area (Å²) in [5.74, 6) is 4.65. The van der Waals surface area contributed by atoms with Crippen LogP contribution in [0.2, 0.25) is 0 Å². The Balaban J connectivity index is 1.47. The van der Waals surface area contributed by atoms with Gasteiger partial charge in [-0.25, -0.2) is 4.31 Å². The van der Waals surface area contributed by atoms with Gasteiger partial charge in [0.05, 0.1) is 12.2 Å². The summed E-state index contributed by atoms with van der Waals surface area (Å²) in [5.41, 5.74) is 7.30. The molecule has 2 aliphatic heterocycles. The molecule has 2 fully saturated rings. The Morgan fingerprint density at radius 1 is 1.02 bits per heavy atom. The molecule has 1 aliphatic carbocycles. The molecular formula is C33H41N5O2S2. The molecule has 3 aliphatic rings. The van der Waals surface area contributed by atoms with Crippen molar-refractivity contribution in [3.8, 4) is 11.3 Å². The molecule has 1 aromatic heterocycles. The van der Waals surface area contributed by atoms with Crippen LogP contribution in [-0.2, 0) is 11.3 Å². The fourth-order valence-corrected chi connectivity index (χ4v) is 7.92. The number of aromatic nitrogens is 1. The van der Waals surface area contributed by atoms with Crippen LogP contribution in [-0.4, -0.2) is 82.3 Å². The van der Waals surface area contributed by atoms with Gasteiger partial charge in [-0.2, -0.15) is 0 Å². The molecule has 1 atom stereocenters. The smallest absolute Gasteiger partial charge is 0.262 e. The van der Waals surface area contributed by atoms with Crippen molar-refractivity contribution in [3.05, 3.63) is 64.7 Å². The standard InChI is InChI=1S/C33H41N5O2S2/c1-35(2)41-34-32(39)25-14-15-28-29(21-25)38-22-26(33(40)36-16-18-37(19-17-36)42(3)4)20-24-12-8-9-13-27(24)31(38)30(28)23-10-6-5-7-11-23/h8-9,12-15,20-21,23H,3,5-7,10-11,16-19,22H2,1-2,4H3,(H,34,39). The zero-order chi connectivity index (χ0) is 29.4. The summed E-state index contributed by atoms with van der Waals surface area (Å²) in [7, 11) is 3.77. The van der Waals surface area contributed by atoms with Crippen molar-refractivity contribution < 1.29 is 9.59 Å². The van der Waals surface area contributed by atoms with E-state index in [0.29, 0.717) is 31.1 Å². The Hall–Kier alpha value is -2.85. The van der Waals surface area contributed by atoms with E-state index in [2.05, 4.69) is 62.1 Å². The van der Waals surface area contributed by atoms with Gasteiger partial charge in [0.1, 0.15) is 0 Å². The van der Waals surface area contributed by atoms with Crippen LogP contribution in [0, 0.1) is 0 Å². The van der Waals surface area contributed by atoms with Crippen molar-refractivity contribution in [2.45, 2.75) is 44.6 Å². The number of rotatable bonds is 6. The van der Waals surface area contributed by atoms with Crippen molar-refractivity contribution in [1.29, 1.82) is 0 Å². The molecule has 42 heavy (non-hydrogen) atoms. The van der Waals surface area contributed by atoms with Gasteiger partial charge in [0, 0.05) is 65.9 Å². The predicted octanol–water partition coefficient (Wildman–Crippen LogP) is 6.00. The Morgan fingerprint density at radius 2 is 1.76 bits per heavy atom. The molecule has 1 saturated carbocycles. The normalized spacial score (nSPS) is 18.8. The van der Waals surface area contributed by atoms with E-state index < -0.39 is 0 Å². The highest BCUT2D eigenvalue weighted by atomic mass is 32.2. The number of nitrogens with zero attached hydrogens (tertiary/aromatic N) is 4. The number of hydrogen-bond acceptors (Lipinski definition) is 5. The molecule has 6 rings (SSSR count). The Labute approximate surface area is 256 Å². The highest BCUT2D eigenvalue weighted by Crippen LogP contribution is 2.46. The van der Waals surface area contributed by atoms with Gasteiger partial charge in [-0.1, -0.05) is 55.5 Å². The number of hydrogen-bond donors (Lipinski definition) is 1. The first-order chi connectivity index (χ1) is 20.3. The van der Waals surface area contributed by atoms with Gasteiger partial charge in [-0.15, -0.1) is 10.7 Å². The van der Waals surface area contributed by atoms with Crippen LogP contribution in [0.25, 0.3) is 28.2 Å². The summed E-state index contributed by atoms with van der Waals surface area (Å²) in [6.07, 6.45) is 10.4. The van der Waals surface area contributed by atoms with E-state index in [9.17, 15) is 9.59 Å². The summed E-state index contributed by atoms with van der Waals surface area (Å²) in [6, 6.07) is 14.6. The monoisotopic (exact) mass is 603 g/mol. The lowest BCUT2D eigenvalue weighted by Gasteiger charge is -2.35. The number of piperazine rings is 1. The third-order valence-electron chi connectivity index (χ3n) is 8.82. The molecule has 0 radical (unpaired) electrons. The molecule has 7 nitrogen and oxygen atoms in total. The summed E-state index contributed by atoms with van der Waals surface area (Å²) in [4.78, 5) is 29.3. The topological polar surface area (TPSA) is 60.8 Å². The zero-order valence-corrected chi connectivity index (χ0v) is 26.5. The molecule has 1 N–H and O–H groups in total. The second kappa shape index (κ2) is 12.4. The number of benzene rings is 2. The highest BCUT2D eigenvalue weighted by Gasteiger charge is 2.32. The molecule has 222 valence electrons. The maximum absolute atomic E-state index is 14.1.